The van der Waals surface area contributed by atoms with E-state index in [-0.39, 0.29) is 10.6 Å². The number of hydrogen-bond acceptors (Lipinski definition) is 5. The topological polar surface area (TPSA) is 56.7 Å². The first-order chi connectivity index (χ1) is 10.8. The minimum atomic E-state index is -0.0661. The van der Waals surface area contributed by atoms with Gasteiger partial charge in [-0.1, -0.05) is 50.6 Å². The van der Waals surface area contributed by atoms with Crippen molar-refractivity contribution in [2.24, 2.45) is 0 Å². The van der Waals surface area contributed by atoms with Gasteiger partial charge >= 0.3 is 0 Å². The molecule has 0 aliphatic heterocycles. The van der Waals surface area contributed by atoms with Gasteiger partial charge in [-0.2, -0.15) is 5.10 Å². The first kappa shape index (κ1) is 15.7. The van der Waals surface area contributed by atoms with E-state index in [2.05, 4.69) is 56.1 Å². The van der Waals surface area contributed by atoms with Crippen LogP contribution in [0.4, 0.5) is 0 Å². The third kappa shape index (κ3) is 3.42. The molecule has 2 aromatic heterocycles. The highest BCUT2D eigenvalue weighted by Gasteiger charge is 2.22. The second kappa shape index (κ2) is 5.77. The second-order valence-corrected chi connectivity index (χ2v) is 7.03. The van der Waals surface area contributed by atoms with Crippen LogP contribution in [0, 0.1) is 6.92 Å². The molecule has 0 saturated carbocycles. The van der Waals surface area contributed by atoms with Crippen molar-refractivity contribution < 1.29 is 4.42 Å². The van der Waals surface area contributed by atoms with Crippen molar-refractivity contribution in [3.63, 3.8) is 0 Å². The Labute approximate surface area is 141 Å². The van der Waals surface area contributed by atoms with E-state index in [0.717, 1.165) is 11.4 Å². The third-order valence-corrected chi connectivity index (χ3v) is 3.75. The molecule has 0 saturated heterocycles. The summed E-state index contributed by atoms with van der Waals surface area (Å²) in [7, 11) is 0. The smallest absolute Gasteiger partial charge is 0.264 e. The summed E-state index contributed by atoms with van der Waals surface area (Å²) in [5.74, 6) is 0.408. The Morgan fingerprint density at radius 2 is 1.96 bits per heavy atom. The van der Waals surface area contributed by atoms with Crippen LogP contribution in [0.15, 0.2) is 40.0 Å². The molecule has 120 valence electrons. The van der Waals surface area contributed by atoms with Gasteiger partial charge in [0, 0.05) is 5.41 Å². The van der Waals surface area contributed by atoms with Crippen LogP contribution < -0.4 is 0 Å². The highest BCUT2D eigenvalue weighted by atomic mass is 32.1. The maximum atomic E-state index is 5.43. The molecule has 0 bridgehead atoms. The van der Waals surface area contributed by atoms with E-state index in [9.17, 15) is 0 Å². The zero-order valence-electron chi connectivity index (χ0n) is 13.7. The lowest BCUT2D eigenvalue weighted by molar-refractivity contribution is 0.462. The fraction of sp³-hybridized carbons (Fsp3) is 0.353. The van der Waals surface area contributed by atoms with Gasteiger partial charge in [-0.15, -0.1) is 10.2 Å². The van der Waals surface area contributed by atoms with Gasteiger partial charge in [0.1, 0.15) is 5.69 Å². The van der Waals surface area contributed by atoms with Crippen molar-refractivity contribution in [3.8, 4) is 11.6 Å². The minimum Gasteiger partial charge on any atom is -0.719 e. The van der Waals surface area contributed by atoms with Crippen LogP contribution in [-0.4, -0.2) is 20.0 Å². The molecule has 0 aliphatic rings. The van der Waals surface area contributed by atoms with E-state index < -0.39 is 0 Å². The molecule has 1 aromatic carbocycles. The van der Waals surface area contributed by atoms with Crippen molar-refractivity contribution in [1.29, 1.82) is 0 Å². The fourth-order valence-corrected chi connectivity index (χ4v) is 2.49. The normalized spacial score (nSPS) is 11.8. The Morgan fingerprint density at radius 1 is 1.17 bits per heavy atom. The number of benzene rings is 1. The summed E-state index contributed by atoms with van der Waals surface area (Å²) in [5.41, 5.74) is 4.10. The predicted molar refractivity (Wildman–Crippen MR) is 90.1 cm³/mol. The summed E-state index contributed by atoms with van der Waals surface area (Å²) in [6, 6.07) is 10.4. The SMILES string of the molecule is Cc1cccc(Cn2nc(C(C)(C)C)cc2-c2nnc([S-])o2)c1. The molecule has 0 amide bonds. The first-order valence-corrected chi connectivity index (χ1v) is 7.88. The second-order valence-electron chi connectivity index (χ2n) is 6.68. The Kier molecular flexibility index (Phi) is 3.93. The summed E-state index contributed by atoms with van der Waals surface area (Å²) in [4.78, 5) is 0. The molecule has 5 nitrogen and oxygen atoms in total. The lowest BCUT2D eigenvalue weighted by Gasteiger charge is -2.14. The van der Waals surface area contributed by atoms with Gasteiger partial charge < -0.3 is 17.0 Å². The molecule has 6 heteroatoms. The van der Waals surface area contributed by atoms with Crippen LogP contribution in [-0.2, 0) is 24.6 Å². The zero-order chi connectivity index (χ0) is 16.6. The Balaban J connectivity index is 2.05. The van der Waals surface area contributed by atoms with Crippen molar-refractivity contribution in [2.75, 3.05) is 0 Å². The van der Waals surface area contributed by atoms with Crippen LogP contribution in [0.25, 0.3) is 11.6 Å². The molecule has 0 atom stereocenters. The number of aromatic nitrogens is 4. The van der Waals surface area contributed by atoms with Crippen molar-refractivity contribution in [2.45, 2.75) is 44.9 Å². The average Bonchev–Trinajstić information content (AvgIpc) is 3.04. The molecule has 3 aromatic rings. The van der Waals surface area contributed by atoms with E-state index in [1.165, 1.54) is 11.1 Å². The first-order valence-electron chi connectivity index (χ1n) is 7.48. The number of aryl methyl sites for hydroxylation is 1. The number of hydrogen-bond donors (Lipinski definition) is 0. The van der Waals surface area contributed by atoms with Gasteiger partial charge in [-0.25, -0.2) is 0 Å². The van der Waals surface area contributed by atoms with E-state index in [1.807, 2.05) is 16.8 Å². The molecule has 3 rings (SSSR count). The van der Waals surface area contributed by atoms with Crippen LogP contribution >= 0.6 is 0 Å². The lowest BCUT2D eigenvalue weighted by Crippen LogP contribution is -2.13. The largest absolute Gasteiger partial charge is 0.719 e. The average molecular weight is 327 g/mol. The van der Waals surface area contributed by atoms with Gasteiger partial charge in [0.15, 0.2) is 0 Å². The monoisotopic (exact) mass is 327 g/mol. The summed E-state index contributed by atoms with van der Waals surface area (Å²) >= 11 is 4.93. The zero-order valence-corrected chi connectivity index (χ0v) is 14.5. The molecule has 0 N–H and O–H groups in total. The molecule has 0 aliphatic carbocycles. The Bertz CT molecular complexity index is 829. The molecular weight excluding hydrogens is 308 g/mol. The molecule has 0 radical (unpaired) electrons. The summed E-state index contributed by atoms with van der Waals surface area (Å²) in [6.07, 6.45) is 0. The predicted octanol–water partition coefficient (Wildman–Crippen LogP) is 3.49. The highest BCUT2D eigenvalue weighted by molar-refractivity contribution is 7.58. The summed E-state index contributed by atoms with van der Waals surface area (Å²) in [6.45, 7) is 9.10. The van der Waals surface area contributed by atoms with Gasteiger partial charge in [0.25, 0.3) is 5.89 Å². The standard InChI is InChI=1S/C17H20N4OS/c1-11-6-5-7-12(8-11)10-21-13(15-18-19-16(23)22-15)9-14(20-21)17(2,3)4/h5-9H,10H2,1-4H3,(H,19,23)/p-1. The van der Waals surface area contributed by atoms with Crippen molar-refractivity contribution in [3.05, 3.63) is 47.2 Å². The molecule has 2 heterocycles. The molecular formula is C17H19N4OS-. The Morgan fingerprint density at radius 3 is 2.57 bits per heavy atom. The van der Waals surface area contributed by atoms with E-state index >= 15 is 0 Å². The Hall–Kier alpha value is -2.21. The van der Waals surface area contributed by atoms with Gasteiger partial charge in [-0.3, -0.25) is 4.68 Å². The van der Waals surface area contributed by atoms with E-state index in [4.69, 9.17) is 22.1 Å². The number of rotatable bonds is 3. The summed E-state index contributed by atoms with van der Waals surface area (Å²) in [5, 5.41) is 12.7. The van der Waals surface area contributed by atoms with Crippen LogP contribution in [0.2, 0.25) is 0 Å². The quantitative estimate of drug-likeness (QED) is 0.689. The maximum absolute atomic E-state index is 5.43. The summed E-state index contributed by atoms with van der Waals surface area (Å²) < 4.78 is 7.33. The van der Waals surface area contributed by atoms with Crippen LogP contribution in [0.3, 0.4) is 0 Å². The minimum absolute atomic E-state index is 0.0661. The van der Waals surface area contributed by atoms with Crippen molar-refractivity contribution >= 4 is 12.6 Å². The molecule has 0 fully saturated rings. The van der Waals surface area contributed by atoms with Gasteiger partial charge in [-0.05, 0) is 18.6 Å². The third-order valence-electron chi connectivity index (χ3n) is 3.59. The van der Waals surface area contributed by atoms with Gasteiger partial charge in [0.2, 0.25) is 0 Å². The highest BCUT2D eigenvalue weighted by Crippen LogP contribution is 2.27. The lowest BCUT2D eigenvalue weighted by atomic mass is 9.92. The van der Waals surface area contributed by atoms with Crippen LogP contribution in [0.1, 0.15) is 37.6 Å². The van der Waals surface area contributed by atoms with Crippen LogP contribution in [0.5, 0.6) is 0 Å². The molecule has 0 spiro atoms. The molecule has 0 unspecified atom stereocenters. The maximum Gasteiger partial charge on any atom is 0.264 e. The van der Waals surface area contributed by atoms with E-state index in [0.29, 0.717) is 12.4 Å². The van der Waals surface area contributed by atoms with Gasteiger partial charge in [0.05, 0.1) is 17.5 Å². The van der Waals surface area contributed by atoms with E-state index in [1.54, 1.807) is 0 Å². The number of nitrogens with zero attached hydrogens (tertiary/aromatic N) is 4. The fourth-order valence-electron chi connectivity index (χ4n) is 2.37. The van der Waals surface area contributed by atoms with Crippen molar-refractivity contribution in [1.82, 2.24) is 20.0 Å². The molecule has 23 heavy (non-hydrogen) atoms.